The number of anilines is 1. The Hall–Kier alpha value is -1.71. The first-order valence-corrected chi connectivity index (χ1v) is 7.63. The molecule has 0 aliphatic carbocycles. The van der Waals surface area contributed by atoms with E-state index < -0.39 is 0 Å². The summed E-state index contributed by atoms with van der Waals surface area (Å²) in [4.78, 5) is 2.37. The van der Waals surface area contributed by atoms with Crippen molar-refractivity contribution >= 4 is 17.3 Å². The van der Waals surface area contributed by atoms with Crippen LogP contribution in [0.2, 0.25) is 5.02 Å². The molecule has 0 radical (unpaired) electrons. The van der Waals surface area contributed by atoms with E-state index in [-0.39, 0.29) is 0 Å². The molecule has 1 heterocycles. The summed E-state index contributed by atoms with van der Waals surface area (Å²) in [6, 6.07) is 16.0. The number of nitrogens with one attached hydrogen (secondary N) is 1. The number of rotatable bonds is 4. The maximum atomic E-state index is 6.01. The second-order valence-electron chi connectivity index (χ2n) is 5.12. The van der Waals surface area contributed by atoms with Crippen LogP contribution in [0.1, 0.15) is 5.56 Å². The average molecular weight is 303 g/mol. The van der Waals surface area contributed by atoms with Gasteiger partial charge in [0.15, 0.2) is 0 Å². The van der Waals surface area contributed by atoms with Crippen LogP contribution in [0.4, 0.5) is 5.69 Å². The van der Waals surface area contributed by atoms with E-state index in [0.717, 1.165) is 42.5 Å². The molecule has 0 bridgehead atoms. The summed E-state index contributed by atoms with van der Waals surface area (Å²) < 4.78 is 6.01. The summed E-state index contributed by atoms with van der Waals surface area (Å²) in [6.07, 6.45) is 0. The van der Waals surface area contributed by atoms with Crippen molar-refractivity contribution in [3.8, 4) is 5.75 Å². The first-order chi connectivity index (χ1) is 10.3. The molecule has 0 atom stereocenters. The third-order valence-electron chi connectivity index (χ3n) is 3.63. The van der Waals surface area contributed by atoms with E-state index in [2.05, 4.69) is 22.3 Å². The van der Waals surface area contributed by atoms with Crippen molar-refractivity contribution in [3.05, 3.63) is 59.1 Å². The number of hydrogen-bond acceptors (Lipinski definition) is 3. The zero-order valence-electron chi connectivity index (χ0n) is 11.9. The predicted octanol–water partition coefficient (Wildman–Crippen LogP) is 3.33. The zero-order valence-corrected chi connectivity index (χ0v) is 12.6. The molecule has 1 aliphatic rings. The Balaban J connectivity index is 1.71. The standard InChI is InChI=1S/C17H19ClN2O/c18-15-7-5-14(6-8-15)13-21-17-4-2-1-3-16(17)20-11-9-19-10-12-20/h1-8,19H,9-13H2. The lowest BCUT2D eigenvalue weighted by Crippen LogP contribution is -2.43. The molecule has 0 spiro atoms. The molecule has 1 saturated heterocycles. The summed E-state index contributed by atoms with van der Waals surface area (Å²) in [5.74, 6) is 0.939. The summed E-state index contributed by atoms with van der Waals surface area (Å²) in [5.41, 5.74) is 2.29. The molecule has 4 heteroatoms. The lowest BCUT2D eigenvalue weighted by Gasteiger charge is -2.30. The monoisotopic (exact) mass is 302 g/mol. The predicted molar refractivity (Wildman–Crippen MR) is 87.3 cm³/mol. The average Bonchev–Trinajstić information content (AvgIpc) is 2.55. The Labute approximate surface area is 130 Å². The molecule has 0 unspecified atom stereocenters. The highest BCUT2D eigenvalue weighted by Gasteiger charge is 2.14. The van der Waals surface area contributed by atoms with E-state index in [4.69, 9.17) is 16.3 Å². The van der Waals surface area contributed by atoms with Crippen molar-refractivity contribution in [3.63, 3.8) is 0 Å². The van der Waals surface area contributed by atoms with Gasteiger partial charge in [0.25, 0.3) is 0 Å². The van der Waals surface area contributed by atoms with Gasteiger partial charge in [-0.1, -0.05) is 35.9 Å². The molecule has 2 aromatic carbocycles. The number of ether oxygens (including phenoxy) is 1. The van der Waals surface area contributed by atoms with E-state index in [1.807, 2.05) is 36.4 Å². The van der Waals surface area contributed by atoms with Crippen molar-refractivity contribution < 1.29 is 4.74 Å². The second kappa shape index (κ2) is 6.83. The minimum Gasteiger partial charge on any atom is -0.487 e. The molecule has 3 rings (SSSR count). The van der Waals surface area contributed by atoms with Gasteiger partial charge in [-0.2, -0.15) is 0 Å². The number of piperazine rings is 1. The summed E-state index contributed by atoms with van der Waals surface area (Å²) >= 11 is 5.90. The number of benzene rings is 2. The van der Waals surface area contributed by atoms with Crippen LogP contribution >= 0.6 is 11.6 Å². The lowest BCUT2D eigenvalue weighted by atomic mass is 10.2. The van der Waals surface area contributed by atoms with Crippen molar-refractivity contribution in [1.29, 1.82) is 0 Å². The summed E-state index contributed by atoms with van der Waals surface area (Å²) in [7, 11) is 0. The SMILES string of the molecule is Clc1ccc(COc2ccccc2N2CCNCC2)cc1. The van der Waals surface area contributed by atoms with Crippen molar-refractivity contribution in [2.75, 3.05) is 31.1 Å². The molecule has 0 aromatic heterocycles. The highest BCUT2D eigenvalue weighted by atomic mass is 35.5. The zero-order chi connectivity index (χ0) is 14.5. The molecule has 110 valence electrons. The fourth-order valence-corrected chi connectivity index (χ4v) is 2.61. The lowest BCUT2D eigenvalue weighted by molar-refractivity contribution is 0.306. The van der Waals surface area contributed by atoms with Crippen molar-refractivity contribution in [2.45, 2.75) is 6.61 Å². The van der Waals surface area contributed by atoms with Crippen LogP contribution in [-0.2, 0) is 6.61 Å². The van der Waals surface area contributed by atoms with E-state index in [0.29, 0.717) is 6.61 Å². The third-order valence-corrected chi connectivity index (χ3v) is 3.88. The molecule has 1 fully saturated rings. The smallest absolute Gasteiger partial charge is 0.143 e. The quantitative estimate of drug-likeness (QED) is 0.937. The molecular formula is C17H19ClN2O. The topological polar surface area (TPSA) is 24.5 Å². The molecular weight excluding hydrogens is 284 g/mol. The van der Waals surface area contributed by atoms with Crippen LogP contribution < -0.4 is 15.0 Å². The Morgan fingerprint density at radius 2 is 1.71 bits per heavy atom. The van der Waals surface area contributed by atoms with Gasteiger partial charge in [-0.15, -0.1) is 0 Å². The minimum absolute atomic E-state index is 0.556. The molecule has 0 amide bonds. The van der Waals surface area contributed by atoms with Crippen LogP contribution in [0.25, 0.3) is 0 Å². The fourth-order valence-electron chi connectivity index (χ4n) is 2.49. The molecule has 2 aromatic rings. The molecule has 1 aliphatic heterocycles. The Morgan fingerprint density at radius 3 is 2.48 bits per heavy atom. The normalized spacial score (nSPS) is 15.0. The Morgan fingerprint density at radius 1 is 1.00 bits per heavy atom. The van der Waals surface area contributed by atoms with Gasteiger partial charge in [0.1, 0.15) is 12.4 Å². The van der Waals surface area contributed by atoms with E-state index in [1.165, 1.54) is 5.69 Å². The van der Waals surface area contributed by atoms with Gasteiger partial charge in [-0.05, 0) is 29.8 Å². The summed E-state index contributed by atoms with van der Waals surface area (Å²) in [5, 5.41) is 4.12. The Bertz CT molecular complexity index is 580. The van der Waals surface area contributed by atoms with Crippen LogP contribution in [-0.4, -0.2) is 26.2 Å². The summed E-state index contributed by atoms with van der Waals surface area (Å²) in [6.45, 7) is 4.62. The highest BCUT2D eigenvalue weighted by molar-refractivity contribution is 6.30. The van der Waals surface area contributed by atoms with Crippen LogP contribution in [0.5, 0.6) is 5.75 Å². The number of halogens is 1. The maximum Gasteiger partial charge on any atom is 0.143 e. The van der Waals surface area contributed by atoms with Crippen LogP contribution in [0, 0.1) is 0 Å². The third kappa shape index (κ3) is 3.69. The fraction of sp³-hybridized carbons (Fsp3) is 0.294. The van der Waals surface area contributed by atoms with Gasteiger partial charge in [-0.25, -0.2) is 0 Å². The minimum atomic E-state index is 0.556. The van der Waals surface area contributed by atoms with Crippen molar-refractivity contribution in [2.24, 2.45) is 0 Å². The maximum absolute atomic E-state index is 6.01. The van der Waals surface area contributed by atoms with Gasteiger partial charge >= 0.3 is 0 Å². The molecule has 1 N–H and O–H groups in total. The van der Waals surface area contributed by atoms with E-state index >= 15 is 0 Å². The number of nitrogens with zero attached hydrogens (tertiary/aromatic N) is 1. The molecule has 0 saturated carbocycles. The molecule has 21 heavy (non-hydrogen) atoms. The van der Waals surface area contributed by atoms with Gasteiger partial charge in [-0.3, -0.25) is 0 Å². The van der Waals surface area contributed by atoms with Gasteiger partial charge < -0.3 is 15.0 Å². The van der Waals surface area contributed by atoms with E-state index in [1.54, 1.807) is 0 Å². The van der Waals surface area contributed by atoms with Gasteiger partial charge in [0.05, 0.1) is 5.69 Å². The molecule has 3 nitrogen and oxygen atoms in total. The Kier molecular flexibility index (Phi) is 4.63. The first kappa shape index (κ1) is 14.2. The number of hydrogen-bond donors (Lipinski definition) is 1. The first-order valence-electron chi connectivity index (χ1n) is 7.25. The van der Waals surface area contributed by atoms with Crippen molar-refractivity contribution in [1.82, 2.24) is 5.32 Å². The van der Waals surface area contributed by atoms with Gasteiger partial charge in [0.2, 0.25) is 0 Å². The van der Waals surface area contributed by atoms with Crippen LogP contribution in [0.3, 0.4) is 0 Å². The van der Waals surface area contributed by atoms with Gasteiger partial charge in [0, 0.05) is 31.2 Å². The largest absolute Gasteiger partial charge is 0.487 e. The number of para-hydroxylation sites is 2. The van der Waals surface area contributed by atoms with E-state index in [9.17, 15) is 0 Å². The highest BCUT2D eigenvalue weighted by Crippen LogP contribution is 2.29. The van der Waals surface area contributed by atoms with Crippen LogP contribution in [0.15, 0.2) is 48.5 Å². The second-order valence-corrected chi connectivity index (χ2v) is 5.56.